The van der Waals surface area contributed by atoms with Gasteiger partial charge in [-0.1, -0.05) is 13.8 Å². The SMILES string of the molecule is CNCCNc1c(C=O)sc2ccc3nc(-c4ccc(C(C)C)nc4)ccc3c12. The lowest BCUT2D eigenvalue weighted by molar-refractivity contribution is 0.112. The number of carbonyl (C=O) groups excluding carboxylic acids is 1. The molecule has 2 N–H and O–H groups in total. The number of rotatable bonds is 7. The molecule has 3 heterocycles. The molecule has 0 unspecified atom stereocenters. The number of fused-ring (bicyclic) bond motifs is 3. The zero-order chi connectivity index (χ0) is 20.4. The van der Waals surface area contributed by atoms with Gasteiger partial charge in [0.25, 0.3) is 0 Å². The maximum absolute atomic E-state index is 11.6. The Balaban J connectivity index is 1.80. The first-order valence-corrected chi connectivity index (χ1v) is 10.6. The second-order valence-corrected chi connectivity index (χ2v) is 8.40. The van der Waals surface area contributed by atoms with Crippen LogP contribution in [-0.4, -0.2) is 36.4 Å². The summed E-state index contributed by atoms with van der Waals surface area (Å²) in [5, 5.41) is 8.66. The molecule has 4 rings (SSSR count). The molecule has 0 amide bonds. The number of aldehydes is 1. The quantitative estimate of drug-likeness (QED) is 0.332. The van der Waals surface area contributed by atoms with E-state index >= 15 is 0 Å². The van der Waals surface area contributed by atoms with Gasteiger partial charge in [0.15, 0.2) is 6.29 Å². The Morgan fingerprint density at radius 1 is 1.10 bits per heavy atom. The van der Waals surface area contributed by atoms with Crippen molar-refractivity contribution in [2.45, 2.75) is 19.8 Å². The van der Waals surface area contributed by atoms with Crippen molar-refractivity contribution in [3.8, 4) is 11.3 Å². The van der Waals surface area contributed by atoms with Gasteiger partial charge in [0.2, 0.25) is 0 Å². The average molecular weight is 405 g/mol. The van der Waals surface area contributed by atoms with E-state index in [1.54, 1.807) is 0 Å². The number of nitrogens with zero attached hydrogens (tertiary/aromatic N) is 2. The summed E-state index contributed by atoms with van der Waals surface area (Å²) < 4.78 is 1.09. The van der Waals surface area contributed by atoms with Crippen LogP contribution in [0.25, 0.3) is 32.2 Å². The number of aromatic nitrogens is 2. The minimum absolute atomic E-state index is 0.404. The summed E-state index contributed by atoms with van der Waals surface area (Å²) in [6.07, 6.45) is 2.82. The van der Waals surface area contributed by atoms with Crippen molar-refractivity contribution in [3.05, 3.63) is 53.2 Å². The predicted molar refractivity (Wildman–Crippen MR) is 122 cm³/mol. The monoisotopic (exact) mass is 404 g/mol. The Hall–Kier alpha value is -2.83. The smallest absolute Gasteiger partial charge is 0.162 e. The molecule has 6 heteroatoms. The van der Waals surface area contributed by atoms with E-state index in [0.29, 0.717) is 5.92 Å². The van der Waals surface area contributed by atoms with Crippen LogP contribution < -0.4 is 10.6 Å². The third-order valence-electron chi connectivity index (χ3n) is 5.01. The van der Waals surface area contributed by atoms with Crippen LogP contribution in [-0.2, 0) is 0 Å². The second-order valence-electron chi connectivity index (χ2n) is 7.32. The Bertz CT molecular complexity index is 1170. The Labute approximate surface area is 174 Å². The molecular weight excluding hydrogens is 380 g/mol. The first-order valence-electron chi connectivity index (χ1n) is 9.78. The fraction of sp³-hybridized carbons (Fsp3) is 0.261. The molecule has 1 aromatic carbocycles. The summed E-state index contributed by atoms with van der Waals surface area (Å²) in [5.74, 6) is 0.404. The molecule has 0 aliphatic rings. The molecule has 4 aromatic rings. The van der Waals surface area contributed by atoms with Crippen LogP contribution in [0.4, 0.5) is 5.69 Å². The number of thiophene rings is 1. The lowest BCUT2D eigenvalue weighted by Gasteiger charge is -2.09. The van der Waals surface area contributed by atoms with E-state index in [1.807, 2.05) is 25.4 Å². The van der Waals surface area contributed by atoms with Crippen LogP contribution in [0, 0.1) is 0 Å². The van der Waals surface area contributed by atoms with Crippen LogP contribution in [0.5, 0.6) is 0 Å². The van der Waals surface area contributed by atoms with Gasteiger partial charge in [-0.2, -0.15) is 0 Å². The van der Waals surface area contributed by atoms with E-state index < -0.39 is 0 Å². The van der Waals surface area contributed by atoms with Gasteiger partial charge < -0.3 is 10.6 Å². The first-order chi connectivity index (χ1) is 14.1. The molecule has 29 heavy (non-hydrogen) atoms. The number of pyridine rings is 2. The molecule has 0 atom stereocenters. The molecule has 0 fully saturated rings. The molecule has 5 nitrogen and oxygen atoms in total. The van der Waals surface area contributed by atoms with Gasteiger partial charge in [0.1, 0.15) is 0 Å². The summed E-state index contributed by atoms with van der Waals surface area (Å²) in [4.78, 5) is 21.8. The number of carbonyl (C=O) groups is 1. The average Bonchev–Trinajstić information content (AvgIpc) is 3.11. The van der Waals surface area contributed by atoms with Gasteiger partial charge >= 0.3 is 0 Å². The van der Waals surface area contributed by atoms with Crippen LogP contribution in [0.2, 0.25) is 0 Å². The summed E-state index contributed by atoms with van der Waals surface area (Å²) in [7, 11) is 1.91. The molecular formula is C23H24N4OS. The zero-order valence-corrected chi connectivity index (χ0v) is 17.6. The van der Waals surface area contributed by atoms with Gasteiger partial charge in [-0.25, -0.2) is 4.98 Å². The van der Waals surface area contributed by atoms with Crippen molar-refractivity contribution in [2.24, 2.45) is 0 Å². The molecule has 0 saturated heterocycles. The van der Waals surface area contributed by atoms with Crippen LogP contribution in [0.1, 0.15) is 35.1 Å². The van der Waals surface area contributed by atoms with E-state index in [1.165, 1.54) is 11.3 Å². The lowest BCUT2D eigenvalue weighted by Crippen LogP contribution is -2.18. The molecule has 0 saturated carbocycles. The van der Waals surface area contributed by atoms with E-state index in [-0.39, 0.29) is 0 Å². The minimum atomic E-state index is 0.404. The Morgan fingerprint density at radius 2 is 1.97 bits per heavy atom. The highest BCUT2D eigenvalue weighted by Crippen LogP contribution is 2.39. The fourth-order valence-corrected chi connectivity index (χ4v) is 4.46. The van der Waals surface area contributed by atoms with Gasteiger partial charge in [0, 0.05) is 46.0 Å². The van der Waals surface area contributed by atoms with Crippen molar-refractivity contribution in [3.63, 3.8) is 0 Å². The third-order valence-corrected chi connectivity index (χ3v) is 6.09. The highest BCUT2D eigenvalue weighted by Gasteiger charge is 2.15. The fourth-order valence-electron chi connectivity index (χ4n) is 3.45. The number of benzene rings is 1. The van der Waals surface area contributed by atoms with Gasteiger partial charge in [-0.05, 0) is 49.4 Å². The number of anilines is 1. The number of hydrogen-bond acceptors (Lipinski definition) is 6. The zero-order valence-electron chi connectivity index (χ0n) is 16.8. The molecule has 3 aromatic heterocycles. The predicted octanol–water partition coefficient (Wildman–Crippen LogP) is 5.08. The molecule has 0 radical (unpaired) electrons. The van der Waals surface area contributed by atoms with Crippen molar-refractivity contribution >= 4 is 44.3 Å². The normalized spacial score (nSPS) is 11.4. The standard InChI is InChI=1S/C23H24N4OS/c1-14(2)17-6-4-15(12-26-17)18-7-5-16-19(27-18)8-9-20-22(16)23(21(13-28)29-20)25-11-10-24-3/h4-9,12-14,24-25H,10-11H2,1-3H3. The van der Waals surface area contributed by atoms with Gasteiger partial charge in [0.05, 0.1) is 21.8 Å². The van der Waals surface area contributed by atoms with E-state index in [0.717, 1.165) is 67.9 Å². The number of hydrogen-bond donors (Lipinski definition) is 2. The largest absolute Gasteiger partial charge is 0.382 e. The molecule has 0 aliphatic carbocycles. The van der Waals surface area contributed by atoms with E-state index in [9.17, 15) is 4.79 Å². The molecule has 148 valence electrons. The van der Waals surface area contributed by atoms with Crippen molar-refractivity contribution in [1.82, 2.24) is 15.3 Å². The van der Waals surface area contributed by atoms with Crippen LogP contribution in [0.15, 0.2) is 42.6 Å². The van der Waals surface area contributed by atoms with E-state index in [4.69, 9.17) is 4.98 Å². The second kappa shape index (κ2) is 8.27. The highest BCUT2D eigenvalue weighted by atomic mass is 32.1. The minimum Gasteiger partial charge on any atom is -0.382 e. The lowest BCUT2D eigenvalue weighted by atomic mass is 10.1. The van der Waals surface area contributed by atoms with Crippen molar-refractivity contribution < 1.29 is 4.79 Å². The van der Waals surface area contributed by atoms with Crippen molar-refractivity contribution in [2.75, 3.05) is 25.5 Å². The summed E-state index contributed by atoms with van der Waals surface area (Å²) in [6, 6.07) is 12.3. The maximum Gasteiger partial charge on any atom is 0.162 e. The molecule has 0 bridgehead atoms. The summed E-state index contributed by atoms with van der Waals surface area (Å²) in [6.45, 7) is 5.84. The summed E-state index contributed by atoms with van der Waals surface area (Å²) >= 11 is 1.51. The molecule has 0 aliphatic heterocycles. The molecule has 0 spiro atoms. The van der Waals surface area contributed by atoms with Crippen molar-refractivity contribution in [1.29, 1.82) is 0 Å². The van der Waals surface area contributed by atoms with Crippen LogP contribution >= 0.6 is 11.3 Å². The maximum atomic E-state index is 11.6. The highest BCUT2D eigenvalue weighted by molar-refractivity contribution is 7.21. The number of nitrogens with one attached hydrogen (secondary N) is 2. The Kier molecular flexibility index (Phi) is 5.56. The van der Waals surface area contributed by atoms with Gasteiger partial charge in [-0.15, -0.1) is 11.3 Å². The summed E-state index contributed by atoms with van der Waals surface area (Å²) in [5.41, 5.74) is 4.79. The van der Waals surface area contributed by atoms with Crippen LogP contribution in [0.3, 0.4) is 0 Å². The first kappa shape index (κ1) is 19.5. The number of likely N-dealkylation sites (N-methyl/N-ethyl adjacent to an activating group) is 1. The van der Waals surface area contributed by atoms with E-state index in [2.05, 4.69) is 53.7 Å². The van der Waals surface area contributed by atoms with Gasteiger partial charge in [-0.3, -0.25) is 9.78 Å². The Morgan fingerprint density at radius 3 is 2.66 bits per heavy atom. The topological polar surface area (TPSA) is 66.9 Å². The third kappa shape index (κ3) is 3.73.